The number of rotatable bonds is 24. The monoisotopic (exact) mass is 768 g/mol. The zero-order valence-corrected chi connectivity index (χ0v) is 34.0. The molecule has 4 aromatic rings. The fraction of sp³-hybridized carbons (Fsp3) is 0.490. The topological polar surface area (TPSA) is 144 Å². The highest BCUT2D eigenvalue weighted by Crippen LogP contribution is 2.33. The summed E-state index contributed by atoms with van der Waals surface area (Å²) in [7, 11) is 0. The first kappa shape index (κ1) is 47.5. The number of carbonyl (C=O) groups is 1. The molecule has 7 nitrogen and oxygen atoms in total. The van der Waals surface area contributed by atoms with Gasteiger partial charge in [0.15, 0.2) is 0 Å². The van der Waals surface area contributed by atoms with Crippen LogP contribution in [0.5, 0.6) is 23.0 Å². The van der Waals surface area contributed by atoms with Crippen molar-refractivity contribution < 1.29 is 35.4 Å². The Morgan fingerprint density at radius 1 is 0.375 bits per heavy atom. The molecular weight excluding hydrogens is 701 g/mol. The van der Waals surface area contributed by atoms with E-state index in [0.29, 0.717) is 34.8 Å². The maximum absolute atomic E-state index is 9.56. The minimum Gasteiger partial charge on any atom is -0.652 e. The first-order chi connectivity index (χ1) is 27.1. The quantitative estimate of drug-likeness (QED) is 0.0519. The van der Waals surface area contributed by atoms with Crippen molar-refractivity contribution in [3.8, 4) is 23.0 Å². The Kier molecular flexibility index (Phi) is 25.1. The number of carbonyl (C=O) groups excluding carboxylic acids is 1. The van der Waals surface area contributed by atoms with Crippen LogP contribution in [-0.2, 0) is 0 Å². The third kappa shape index (κ3) is 21.4. The maximum Gasteiger partial charge on any atom is 0.115 e. The number of carboxylic acid groups (broad SMARTS) is 2. The zero-order valence-electron chi connectivity index (χ0n) is 34.0. The van der Waals surface area contributed by atoms with Crippen molar-refractivity contribution >= 4 is 6.16 Å². The fourth-order valence-corrected chi connectivity index (χ4v) is 7.20. The van der Waals surface area contributed by atoms with Gasteiger partial charge in [-0.05, 0) is 89.8 Å². The summed E-state index contributed by atoms with van der Waals surface area (Å²) in [6.07, 6.45) is 23.9. The Morgan fingerprint density at radius 3 is 0.750 bits per heavy atom. The number of aromatic hydroxyl groups is 4. The third-order valence-corrected chi connectivity index (χ3v) is 10.4. The lowest BCUT2D eigenvalue weighted by atomic mass is 9.86. The first-order valence-corrected chi connectivity index (χ1v) is 21.2. The third-order valence-electron chi connectivity index (χ3n) is 10.4. The van der Waals surface area contributed by atoms with E-state index in [9.17, 15) is 20.4 Å². The van der Waals surface area contributed by atoms with Crippen LogP contribution in [0.15, 0.2) is 97.1 Å². The maximum atomic E-state index is 9.56. The van der Waals surface area contributed by atoms with E-state index in [1.54, 1.807) is 48.5 Å². The van der Waals surface area contributed by atoms with Crippen molar-refractivity contribution in [1.82, 2.24) is 0 Å². The summed E-state index contributed by atoms with van der Waals surface area (Å²) in [5.74, 6) is 1.87. The van der Waals surface area contributed by atoms with Crippen molar-refractivity contribution in [2.45, 2.75) is 154 Å². The van der Waals surface area contributed by atoms with E-state index >= 15 is 0 Å². The fourth-order valence-electron chi connectivity index (χ4n) is 7.20. The number of hydrogen-bond donors (Lipinski definition) is 4. The minimum absolute atomic E-state index is 0.307. The number of unbranched alkanes of at least 4 members (excludes halogenated alkanes) is 16. The second kappa shape index (κ2) is 29.6. The minimum atomic E-state index is -2.33. The lowest BCUT2D eigenvalue weighted by Gasteiger charge is -2.18. The van der Waals surface area contributed by atoms with Crippen LogP contribution < -0.4 is 10.2 Å². The normalized spacial score (nSPS) is 10.8. The molecule has 0 aromatic heterocycles. The van der Waals surface area contributed by atoms with Crippen molar-refractivity contribution in [2.24, 2.45) is 0 Å². The Morgan fingerprint density at radius 2 is 0.554 bits per heavy atom. The van der Waals surface area contributed by atoms with E-state index in [2.05, 4.69) is 13.8 Å². The van der Waals surface area contributed by atoms with Crippen LogP contribution in [0.25, 0.3) is 0 Å². The molecule has 0 saturated carbocycles. The molecule has 0 fully saturated rings. The lowest BCUT2D eigenvalue weighted by molar-refractivity contribution is -0.415. The highest BCUT2D eigenvalue weighted by atomic mass is 16.6. The van der Waals surface area contributed by atoms with Crippen LogP contribution in [0.4, 0.5) is 4.79 Å². The highest BCUT2D eigenvalue weighted by molar-refractivity contribution is 5.47. The highest BCUT2D eigenvalue weighted by Gasteiger charge is 2.15. The molecule has 0 aliphatic carbocycles. The van der Waals surface area contributed by atoms with Gasteiger partial charge in [-0.3, -0.25) is 0 Å². The van der Waals surface area contributed by atoms with Gasteiger partial charge in [-0.25, -0.2) is 0 Å². The summed E-state index contributed by atoms with van der Waals surface area (Å²) in [5, 5.41) is 54.9. The van der Waals surface area contributed by atoms with E-state index in [-0.39, 0.29) is 0 Å². The molecule has 0 spiro atoms. The second-order valence-electron chi connectivity index (χ2n) is 15.0. The molecule has 0 amide bonds. The van der Waals surface area contributed by atoms with Gasteiger partial charge in [0.05, 0.1) is 0 Å². The molecule has 308 valence electrons. The van der Waals surface area contributed by atoms with E-state index in [4.69, 9.17) is 15.0 Å². The summed E-state index contributed by atoms with van der Waals surface area (Å²) in [5.41, 5.74) is 4.92. The predicted molar refractivity (Wildman–Crippen MR) is 225 cm³/mol. The van der Waals surface area contributed by atoms with Crippen molar-refractivity contribution in [3.63, 3.8) is 0 Å². The van der Waals surface area contributed by atoms with E-state index in [0.717, 1.165) is 12.8 Å². The Labute approximate surface area is 337 Å². The largest absolute Gasteiger partial charge is 0.652 e. The van der Waals surface area contributed by atoms with Gasteiger partial charge in [-0.2, -0.15) is 0 Å². The number of phenolic OH excluding ortho intramolecular Hbond substituents is 4. The van der Waals surface area contributed by atoms with Crippen molar-refractivity contribution in [3.05, 3.63) is 119 Å². The predicted octanol–water partition coefficient (Wildman–Crippen LogP) is 11.9. The molecule has 0 unspecified atom stereocenters. The molecule has 7 heteroatoms. The smallest absolute Gasteiger partial charge is 0.115 e. The molecule has 0 radical (unpaired) electrons. The van der Waals surface area contributed by atoms with Gasteiger partial charge < -0.3 is 35.4 Å². The van der Waals surface area contributed by atoms with Crippen LogP contribution in [0.2, 0.25) is 0 Å². The summed E-state index contributed by atoms with van der Waals surface area (Å²) in [6.45, 7) is 4.53. The Hall–Kier alpha value is -4.65. The van der Waals surface area contributed by atoms with Crippen LogP contribution in [-0.4, -0.2) is 26.6 Å². The Bertz CT molecular complexity index is 1330. The van der Waals surface area contributed by atoms with Crippen LogP contribution >= 0.6 is 0 Å². The van der Waals surface area contributed by atoms with Crippen molar-refractivity contribution in [2.75, 3.05) is 0 Å². The van der Waals surface area contributed by atoms with Gasteiger partial charge >= 0.3 is 0 Å². The molecule has 0 aliphatic rings. The van der Waals surface area contributed by atoms with Crippen LogP contribution in [0.3, 0.4) is 0 Å². The van der Waals surface area contributed by atoms with Crippen LogP contribution in [0, 0.1) is 0 Å². The van der Waals surface area contributed by atoms with Crippen LogP contribution in [0.1, 0.15) is 176 Å². The second-order valence-corrected chi connectivity index (χ2v) is 15.0. The molecule has 4 rings (SSSR count). The number of phenols is 4. The number of hydrogen-bond acceptors (Lipinski definition) is 7. The summed E-state index contributed by atoms with van der Waals surface area (Å²) in [4.78, 5) is 8.33. The molecule has 0 heterocycles. The zero-order chi connectivity index (χ0) is 40.8. The number of benzene rings is 4. The Balaban J connectivity index is 0.000000353. The van der Waals surface area contributed by atoms with Gasteiger partial charge in [-0.15, -0.1) is 0 Å². The van der Waals surface area contributed by atoms with Crippen molar-refractivity contribution in [1.29, 1.82) is 0 Å². The van der Waals surface area contributed by atoms with Gasteiger partial charge in [0.2, 0.25) is 0 Å². The summed E-state index contributed by atoms with van der Waals surface area (Å²) in [6, 6.07) is 30.2. The molecular formula is C49H68O7-2. The average molecular weight is 769 g/mol. The summed E-state index contributed by atoms with van der Waals surface area (Å²) >= 11 is 0. The molecule has 0 saturated heterocycles. The standard InChI is InChI=1S/2C24H34O2.CH2O3/c2*1-2-3-4-5-6-7-8-9-10-11-24(20-12-16-22(25)17-13-20)21-14-18-23(26)19-15-21;2-1(3)4/h2*12-19,24-26H,2-11H2,1H3;(H2,2,3,4)/p-2. The average Bonchev–Trinajstić information content (AvgIpc) is 3.18. The first-order valence-electron chi connectivity index (χ1n) is 21.2. The molecule has 0 bridgehead atoms. The van der Waals surface area contributed by atoms with E-state index in [1.807, 2.05) is 48.5 Å². The van der Waals surface area contributed by atoms with E-state index < -0.39 is 6.16 Å². The lowest BCUT2D eigenvalue weighted by Crippen LogP contribution is -2.37. The molecule has 4 N–H and O–H groups in total. The molecule has 4 aromatic carbocycles. The van der Waals surface area contributed by atoms with Gasteiger partial charge in [-0.1, -0.05) is 178 Å². The van der Waals surface area contributed by atoms with Gasteiger partial charge in [0, 0.05) is 11.8 Å². The summed E-state index contributed by atoms with van der Waals surface area (Å²) < 4.78 is 0. The SMILES string of the molecule is CCCCCCCCCCCC(c1ccc(O)cc1)c1ccc(O)cc1.CCCCCCCCCCCC(c1ccc(O)cc1)c1ccc(O)cc1.O=C([O-])[O-]. The van der Waals surface area contributed by atoms with Gasteiger partial charge in [0.1, 0.15) is 23.0 Å². The molecule has 56 heavy (non-hydrogen) atoms. The van der Waals surface area contributed by atoms with Gasteiger partial charge in [0.25, 0.3) is 0 Å². The van der Waals surface area contributed by atoms with E-state index in [1.165, 1.54) is 138 Å². The molecule has 0 aliphatic heterocycles. The molecule has 0 atom stereocenters.